The van der Waals surface area contributed by atoms with Crippen LogP contribution in [-0.2, 0) is 14.2 Å². The number of rotatable bonds is 8. The van der Waals surface area contributed by atoms with E-state index in [4.69, 9.17) is 49.0 Å². The second-order valence-electron chi connectivity index (χ2n) is 3.24. The van der Waals surface area contributed by atoms with Gasteiger partial charge in [0.1, 0.15) is 6.10 Å². The molecule has 0 radical (unpaired) electrons. The van der Waals surface area contributed by atoms with Gasteiger partial charge in [-0.3, -0.25) is 0 Å². The summed E-state index contributed by atoms with van der Waals surface area (Å²) in [6, 6.07) is 0. The fraction of sp³-hybridized carbons (Fsp3) is 1.00. The van der Waals surface area contributed by atoms with Crippen molar-refractivity contribution in [1.29, 1.82) is 0 Å². The van der Waals surface area contributed by atoms with Gasteiger partial charge in [0.15, 0.2) is 0 Å². The molecule has 7 heteroatoms. The van der Waals surface area contributed by atoms with Crippen LogP contribution < -0.4 is 0 Å². The summed E-state index contributed by atoms with van der Waals surface area (Å²) in [4.78, 5) is 0. The molecule has 0 unspecified atom stereocenters. The molecule has 0 aromatic carbocycles. The molecule has 0 aromatic heterocycles. The molecule has 1 N–H and O–H groups in total. The van der Waals surface area contributed by atoms with Gasteiger partial charge in [0, 0.05) is 19.8 Å². The first-order valence-electron chi connectivity index (χ1n) is 5.48. The SMILES string of the molecule is CCOC(C[C@@H](O)C(Cl)(Cl)Cl)(OCC)OCC. The van der Waals surface area contributed by atoms with Crippen molar-refractivity contribution in [2.24, 2.45) is 0 Å². The zero-order valence-corrected chi connectivity index (χ0v) is 12.5. The van der Waals surface area contributed by atoms with Gasteiger partial charge < -0.3 is 19.3 Å². The number of hydrogen-bond acceptors (Lipinski definition) is 4. The highest BCUT2D eigenvalue weighted by Gasteiger charge is 2.42. The minimum atomic E-state index is -1.81. The number of aliphatic hydroxyl groups is 1. The number of aliphatic hydroxyl groups excluding tert-OH is 1. The second kappa shape index (κ2) is 8.00. The molecule has 0 amide bonds. The molecule has 0 aliphatic carbocycles. The Bertz CT molecular complexity index is 191. The fourth-order valence-corrected chi connectivity index (χ4v) is 1.55. The smallest absolute Gasteiger partial charge is 0.285 e. The van der Waals surface area contributed by atoms with Gasteiger partial charge in [-0.1, -0.05) is 34.8 Å². The van der Waals surface area contributed by atoms with Crippen molar-refractivity contribution in [1.82, 2.24) is 0 Å². The van der Waals surface area contributed by atoms with E-state index in [1.165, 1.54) is 0 Å². The maximum absolute atomic E-state index is 9.77. The van der Waals surface area contributed by atoms with Crippen LogP contribution >= 0.6 is 34.8 Å². The first-order valence-corrected chi connectivity index (χ1v) is 6.61. The highest BCUT2D eigenvalue weighted by molar-refractivity contribution is 6.68. The summed E-state index contributed by atoms with van der Waals surface area (Å²) in [5.74, 6) is -1.37. The quantitative estimate of drug-likeness (QED) is 0.553. The van der Waals surface area contributed by atoms with E-state index in [0.29, 0.717) is 19.8 Å². The molecule has 0 saturated heterocycles. The lowest BCUT2D eigenvalue weighted by atomic mass is 10.2. The van der Waals surface area contributed by atoms with Gasteiger partial charge in [-0.05, 0) is 20.8 Å². The Labute approximate surface area is 117 Å². The van der Waals surface area contributed by atoms with E-state index in [0.717, 1.165) is 0 Å². The average Bonchev–Trinajstić information content (AvgIpc) is 2.17. The fourth-order valence-electron chi connectivity index (χ4n) is 1.31. The molecule has 1 atom stereocenters. The number of hydrogen-bond donors (Lipinski definition) is 1. The molecule has 0 aromatic rings. The molecule has 0 rings (SSSR count). The third-order valence-corrected chi connectivity index (χ3v) is 2.67. The summed E-state index contributed by atoms with van der Waals surface area (Å²) in [5.41, 5.74) is 0. The molecule has 104 valence electrons. The topological polar surface area (TPSA) is 47.9 Å². The van der Waals surface area contributed by atoms with Gasteiger partial charge >= 0.3 is 0 Å². The van der Waals surface area contributed by atoms with Crippen LogP contribution in [0.5, 0.6) is 0 Å². The molecule has 0 bridgehead atoms. The molecule has 0 spiro atoms. The van der Waals surface area contributed by atoms with Crippen LogP contribution in [0, 0.1) is 0 Å². The van der Waals surface area contributed by atoms with E-state index < -0.39 is 15.9 Å². The molecule has 0 heterocycles. The Hall–Kier alpha value is 0.710. The third kappa shape index (κ3) is 6.43. The number of ether oxygens (including phenoxy) is 3. The summed E-state index contributed by atoms with van der Waals surface area (Å²) in [5, 5.41) is 9.77. The maximum Gasteiger partial charge on any atom is 0.285 e. The number of alkyl halides is 3. The molecule has 17 heavy (non-hydrogen) atoms. The maximum atomic E-state index is 9.77. The Morgan fingerprint density at radius 3 is 1.53 bits per heavy atom. The van der Waals surface area contributed by atoms with Crippen LogP contribution in [0.2, 0.25) is 0 Å². The Balaban J connectivity index is 4.75. The molecular formula is C10H19Cl3O4. The van der Waals surface area contributed by atoms with Crippen molar-refractivity contribution in [3.05, 3.63) is 0 Å². The van der Waals surface area contributed by atoms with E-state index in [1.807, 2.05) is 0 Å². The van der Waals surface area contributed by atoms with Crippen molar-refractivity contribution >= 4 is 34.8 Å². The highest BCUT2D eigenvalue weighted by Crippen LogP contribution is 2.36. The van der Waals surface area contributed by atoms with E-state index in [9.17, 15) is 5.11 Å². The van der Waals surface area contributed by atoms with Crippen LogP contribution in [0.1, 0.15) is 27.2 Å². The average molecular weight is 310 g/mol. The first-order chi connectivity index (χ1) is 7.81. The van der Waals surface area contributed by atoms with Crippen LogP contribution in [0.25, 0.3) is 0 Å². The molecule has 4 nitrogen and oxygen atoms in total. The van der Waals surface area contributed by atoms with Gasteiger partial charge in [-0.2, -0.15) is 0 Å². The largest absolute Gasteiger partial charge is 0.388 e. The molecular weight excluding hydrogens is 290 g/mol. The van der Waals surface area contributed by atoms with Crippen LogP contribution in [0.4, 0.5) is 0 Å². The summed E-state index contributed by atoms with van der Waals surface area (Å²) in [7, 11) is 0. The number of halogens is 3. The zero-order valence-electron chi connectivity index (χ0n) is 10.2. The van der Waals surface area contributed by atoms with Crippen molar-refractivity contribution in [2.75, 3.05) is 19.8 Å². The van der Waals surface area contributed by atoms with Crippen LogP contribution in [0.3, 0.4) is 0 Å². The van der Waals surface area contributed by atoms with Gasteiger partial charge in [0.25, 0.3) is 5.97 Å². The lowest BCUT2D eigenvalue weighted by Gasteiger charge is -2.35. The first kappa shape index (κ1) is 17.7. The van der Waals surface area contributed by atoms with E-state index >= 15 is 0 Å². The summed E-state index contributed by atoms with van der Waals surface area (Å²) in [6.07, 6.45) is -1.34. The molecule has 0 saturated carbocycles. The predicted molar refractivity (Wildman–Crippen MR) is 68.5 cm³/mol. The monoisotopic (exact) mass is 308 g/mol. The summed E-state index contributed by atoms with van der Waals surface area (Å²) in [6.45, 7) is 6.42. The van der Waals surface area contributed by atoms with Crippen LogP contribution in [0.15, 0.2) is 0 Å². The van der Waals surface area contributed by atoms with Crippen molar-refractivity contribution < 1.29 is 19.3 Å². The standard InChI is InChI=1S/C10H19Cl3O4/c1-4-15-9(16-5-2,17-6-3)7-8(14)10(11,12)13/h8,14H,4-7H2,1-3H3/t8-/m1/s1. The van der Waals surface area contributed by atoms with Gasteiger partial charge in [0.05, 0.1) is 6.42 Å². The van der Waals surface area contributed by atoms with Gasteiger partial charge in [-0.25, -0.2) is 0 Å². The van der Waals surface area contributed by atoms with Gasteiger partial charge in [-0.15, -0.1) is 0 Å². The zero-order chi connectivity index (χ0) is 13.5. The summed E-state index contributed by atoms with van der Waals surface area (Å²) >= 11 is 16.8. The van der Waals surface area contributed by atoms with E-state index in [-0.39, 0.29) is 6.42 Å². The third-order valence-electron chi connectivity index (χ3n) is 1.91. The van der Waals surface area contributed by atoms with Crippen molar-refractivity contribution in [2.45, 2.75) is 43.1 Å². The normalized spacial score (nSPS) is 15.0. The minimum absolute atomic E-state index is 0.0843. The predicted octanol–water partition coefficient (Wildman–Crippen LogP) is 2.87. The molecule has 0 aliphatic rings. The molecule has 0 fully saturated rings. The Morgan fingerprint density at radius 1 is 0.941 bits per heavy atom. The van der Waals surface area contributed by atoms with Gasteiger partial charge in [0.2, 0.25) is 3.79 Å². The summed E-state index contributed by atoms with van der Waals surface area (Å²) < 4.78 is 14.4. The minimum Gasteiger partial charge on any atom is -0.388 e. The lowest BCUT2D eigenvalue weighted by Crippen LogP contribution is -2.45. The van der Waals surface area contributed by atoms with E-state index in [1.54, 1.807) is 20.8 Å². The lowest BCUT2D eigenvalue weighted by molar-refractivity contribution is -0.385. The van der Waals surface area contributed by atoms with Crippen molar-refractivity contribution in [3.63, 3.8) is 0 Å². The van der Waals surface area contributed by atoms with Crippen molar-refractivity contribution in [3.8, 4) is 0 Å². The Morgan fingerprint density at radius 2 is 1.29 bits per heavy atom. The highest BCUT2D eigenvalue weighted by atomic mass is 35.6. The van der Waals surface area contributed by atoms with Crippen LogP contribution in [-0.4, -0.2) is 40.8 Å². The molecule has 0 aliphatic heterocycles. The Kier molecular flexibility index (Phi) is 8.33. The van der Waals surface area contributed by atoms with E-state index in [2.05, 4.69) is 0 Å². The second-order valence-corrected chi connectivity index (χ2v) is 5.61.